The zero-order chi connectivity index (χ0) is 19.2. The second-order valence-electron chi connectivity index (χ2n) is 6.63. The molecule has 0 atom stereocenters. The Morgan fingerprint density at radius 2 is 1.96 bits per heavy atom. The lowest BCUT2D eigenvalue weighted by Gasteiger charge is -2.28. The highest BCUT2D eigenvalue weighted by atomic mass is 19.4. The largest absolute Gasteiger partial charge is 0.493 e. The van der Waals surface area contributed by atoms with Gasteiger partial charge >= 0.3 is 6.18 Å². The van der Waals surface area contributed by atoms with E-state index in [-0.39, 0.29) is 29.4 Å². The number of rotatable bonds is 8. The SMILES string of the molecule is COc1cc(CCC(=O)NC2(CN)CCCC2)ccc1OCC(F)(F)F. The van der Waals surface area contributed by atoms with Crippen molar-refractivity contribution in [1.29, 1.82) is 0 Å². The monoisotopic (exact) mass is 374 g/mol. The number of carbonyl (C=O) groups excluding carboxylic acids is 1. The van der Waals surface area contributed by atoms with Gasteiger partial charge in [-0.05, 0) is 37.0 Å². The molecule has 0 radical (unpaired) electrons. The Labute approximate surface area is 151 Å². The molecule has 2 rings (SSSR count). The van der Waals surface area contributed by atoms with Gasteiger partial charge in [0.05, 0.1) is 12.6 Å². The van der Waals surface area contributed by atoms with Crippen LogP contribution in [-0.2, 0) is 11.2 Å². The maximum atomic E-state index is 12.3. The van der Waals surface area contributed by atoms with Crippen molar-refractivity contribution in [2.45, 2.75) is 50.2 Å². The molecule has 0 unspecified atom stereocenters. The summed E-state index contributed by atoms with van der Waals surface area (Å²) in [4.78, 5) is 12.2. The topological polar surface area (TPSA) is 73.6 Å². The molecular formula is C18H25F3N2O3. The van der Waals surface area contributed by atoms with E-state index in [0.29, 0.717) is 13.0 Å². The minimum absolute atomic E-state index is 0.0195. The third-order valence-corrected chi connectivity index (χ3v) is 4.62. The summed E-state index contributed by atoms with van der Waals surface area (Å²) in [6, 6.07) is 4.65. The third-order valence-electron chi connectivity index (χ3n) is 4.62. The van der Waals surface area contributed by atoms with Crippen LogP contribution in [-0.4, -0.2) is 37.9 Å². The summed E-state index contributed by atoms with van der Waals surface area (Å²) in [5.74, 6) is 0.154. The molecule has 1 aliphatic rings. The number of benzene rings is 1. The predicted octanol–water partition coefficient (Wildman–Crippen LogP) is 2.96. The molecule has 1 amide bonds. The van der Waals surface area contributed by atoms with Crippen LogP contribution in [0.1, 0.15) is 37.7 Å². The highest BCUT2D eigenvalue weighted by molar-refractivity contribution is 5.77. The summed E-state index contributed by atoms with van der Waals surface area (Å²) in [6.45, 7) is -0.954. The fraction of sp³-hybridized carbons (Fsp3) is 0.611. The molecule has 1 fully saturated rings. The maximum absolute atomic E-state index is 12.3. The number of methoxy groups -OCH3 is 1. The van der Waals surface area contributed by atoms with Crippen LogP contribution in [0, 0.1) is 0 Å². The van der Waals surface area contributed by atoms with Crippen molar-refractivity contribution >= 4 is 5.91 Å². The van der Waals surface area contributed by atoms with E-state index in [4.69, 9.17) is 15.2 Å². The summed E-state index contributed by atoms with van der Waals surface area (Å²) in [5.41, 5.74) is 6.31. The van der Waals surface area contributed by atoms with Crippen LogP contribution >= 0.6 is 0 Å². The van der Waals surface area contributed by atoms with Gasteiger partial charge in [0.1, 0.15) is 0 Å². The van der Waals surface area contributed by atoms with E-state index in [1.165, 1.54) is 13.2 Å². The van der Waals surface area contributed by atoms with Crippen molar-refractivity contribution < 1.29 is 27.4 Å². The van der Waals surface area contributed by atoms with Gasteiger partial charge in [0.25, 0.3) is 0 Å². The van der Waals surface area contributed by atoms with Crippen molar-refractivity contribution in [2.24, 2.45) is 5.73 Å². The van der Waals surface area contributed by atoms with Crippen LogP contribution in [0.25, 0.3) is 0 Å². The van der Waals surface area contributed by atoms with E-state index < -0.39 is 12.8 Å². The molecule has 0 aromatic heterocycles. The summed E-state index contributed by atoms with van der Waals surface area (Å²) in [7, 11) is 1.36. The Morgan fingerprint density at radius 3 is 2.54 bits per heavy atom. The number of alkyl halides is 3. The Balaban J connectivity index is 1.92. The number of ether oxygens (including phenoxy) is 2. The summed E-state index contributed by atoms with van der Waals surface area (Å²) in [5, 5.41) is 3.04. The van der Waals surface area contributed by atoms with Crippen LogP contribution in [0.4, 0.5) is 13.2 Å². The first-order valence-electron chi connectivity index (χ1n) is 8.64. The Kier molecular flexibility index (Phi) is 6.75. The van der Waals surface area contributed by atoms with Crippen LogP contribution < -0.4 is 20.5 Å². The second-order valence-corrected chi connectivity index (χ2v) is 6.63. The summed E-state index contributed by atoms with van der Waals surface area (Å²) < 4.78 is 46.7. The number of nitrogens with one attached hydrogen (secondary N) is 1. The first-order valence-corrected chi connectivity index (χ1v) is 8.64. The Bertz CT molecular complexity index is 614. The lowest BCUT2D eigenvalue weighted by Crippen LogP contribution is -2.51. The number of nitrogens with two attached hydrogens (primary N) is 1. The zero-order valence-corrected chi connectivity index (χ0v) is 14.8. The Morgan fingerprint density at radius 1 is 1.27 bits per heavy atom. The van der Waals surface area contributed by atoms with Crippen LogP contribution in [0.5, 0.6) is 11.5 Å². The molecule has 0 heterocycles. The van der Waals surface area contributed by atoms with Gasteiger partial charge in [0.2, 0.25) is 5.91 Å². The number of amides is 1. The van der Waals surface area contributed by atoms with Gasteiger partial charge in [0.15, 0.2) is 18.1 Å². The third kappa shape index (κ3) is 5.79. The number of aryl methyl sites for hydroxylation is 1. The maximum Gasteiger partial charge on any atom is 0.422 e. The molecule has 146 valence electrons. The smallest absolute Gasteiger partial charge is 0.422 e. The average molecular weight is 374 g/mol. The molecule has 8 heteroatoms. The van der Waals surface area contributed by atoms with Gasteiger partial charge in [-0.25, -0.2) is 0 Å². The number of hydrogen-bond donors (Lipinski definition) is 2. The number of carbonyl (C=O) groups is 1. The molecule has 0 bridgehead atoms. The highest BCUT2D eigenvalue weighted by Gasteiger charge is 2.33. The normalized spacial score (nSPS) is 16.3. The molecule has 26 heavy (non-hydrogen) atoms. The number of halogens is 3. The fourth-order valence-corrected chi connectivity index (χ4v) is 3.19. The van der Waals surface area contributed by atoms with Gasteiger partial charge in [0, 0.05) is 13.0 Å². The molecule has 1 aromatic rings. The quantitative estimate of drug-likeness (QED) is 0.734. The molecular weight excluding hydrogens is 349 g/mol. The van der Waals surface area contributed by atoms with E-state index in [1.807, 2.05) is 0 Å². The minimum atomic E-state index is -4.42. The molecule has 1 aromatic carbocycles. The van der Waals surface area contributed by atoms with Crippen molar-refractivity contribution in [1.82, 2.24) is 5.32 Å². The van der Waals surface area contributed by atoms with Gasteiger partial charge in [-0.2, -0.15) is 13.2 Å². The average Bonchev–Trinajstić information content (AvgIpc) is 3.06. The molecule has 1 saturated carbocycles. The minimum Gasteiger partial charge on any atom is -0.493 e. The van der Waals surface area contributed by atoms with Crippen molar-refractivity contribution in [3.8, 4) is 11.5 Å². The van der Waals surface area contributed by atoms with E-state index in [0.717, 1.165) is 31.2 Å². The van der Waals surface area contributed by atoms with Crippen LogP contribution in [0.2, 0.25) is 0 Å². The van der Waals surface area contributed by atoms with Crippen LogP contribution in [0.3, 0.4) is 0 Å². The van der Waals surface area contributed by atoms with Gasteiger partial charge in [-0.15, -0.1) is 0 Å². The summed E-state index contributed by atoms with van der Waals surface area (Å²) >= 11 is 0. The van der Waals surface area contributed by atoms with Crippen LogP contribution in [0.15, 0.2) is 18.2 Å². The molecule has 5 nitrogen and oxygen atoms in total. The van der Waals surface area contributed by atoms with Crippen molar-refractivity contribution in [2.75, 3.05) is 20.3 Å². The van der Waals surface area contributed by atoms with E-state index in [1.54, 1.807) is 12.1 Å². The lowest BCUT2D eigenvalue weighted by atomic mass is 9.97. The Hall–Kier alpha value is -1.96. The van der Waals surface area contributed by atoms with Gasteiger partial charge in [-0.1, -0.05) is 18.9 Å². The summed E-state index contributed by atoms with van der Waals surface area (Å²) in [6.07, 6.45) is 0.224. The highest BCUT2D eigenvalue weighted by Crippen LogP contribution is 2.31. The molecule has 0 aliphatic heterocycles. The molecule has 0 saturated heterocycles. The van der Waals surface area contributed by atoms with Gasteiger partial charge < -0.3 is 20.5 Å². The second kappa shape index (κ2) is 8.62. The first kappa shape index (κ1) is 20.4. The van der Waals surface area contributed by atoms with Gasteiger partial charge in [-0.3, -0.25) is 4.79 Å². The predicted molar refractivity (Wildman–Crippen MR) is 91.3 cm³/mol. The molecule has 0 spiro atoms. The van der Waals surface area contributed by atoms with Crippen molar-refractivity contribution in [3.63, 3.8) is 0 Å². The number of hydrogen-bond acceptors (Lipinski definition) is 4. The molecule has 1 aliphatic carbocycles. The molecule has 3 N–H and O–H groups in total. The zero-order valence-electron chi connectivity index (χ0n) is 14.8. The van der Waals surface area contributed by atoms with E-state index >= 15 is 0 Å². The first-order chi connectivity index (χ1) is 12.3. The fourth-order valence-electron chi connectivity index (χ4n) is 3.19. The van der Waals surface area contributed by atoms with Crippen molar-refractivity contribution in [3.05, 3.63) is 23.8 Å². The van der Waals surface area contributed by atoms with E-state index in [2.05, 4.69) is 5.32 Å². The lowest BCUT2D eigenvalue weighted by molar-refractivity contribution is -0.153. The van der Waals surface area contributed by atoms with E-state index in [9.17, 15) is 18.0 Å². The standard InChI is InChI=1S/C18H25F3N2O3/c1-25-15-10-13(4-6-14(15)26-12-18(19,20)21)5-7-16(24)23-17(11-22)8-2-3-9-17/h4,6,10H,2-3,5,7-9,11-12,22H2,1H3,(H,23,24).